The van der Waals surface area contributed by atoms with Crippen molar-refractivity contribution in [1.82, 2.24) is 0 Å². The van der Waals surface area contributed by atoms with E-state index in [2.05, 4.69) is 24.1 Å². The highest BCUT2D eigenvalue weighted by Gasteiger charge is 2.22. The average molecular weight is 341 g/mol. The minimum Gasteiger partial charge on any atom is -0.508 e. The minimum atomic E-state index is -0.408. The van der Waals surface area contributed by atoms with E-state index in [0.29, 0.717) is 18.0 Å². The van der Waals surface area contributed by atoms with Crippen LogP contribution in [-0.4, -0.2) is 17.0 Å². The van der Waals surface area contributed by atoms with Crippen molar-refractivity contribution in [3.8, 4) is 5.75 Å². The van der Waals surface area contributed by atoms with Crippen LogP contribution in [0.15, 0.2) is 47.1 Å². The molecule has 1 aliphatic rings. The largest absolute Gasteiger partial charge is 0.508 e. The molecule has 2 rings (SSSR count). The van der Waals surface area contributed by atoms with Gasteiger partial charge < -0.3 is 9.84 Å². The highest BCUT2D eigenvalue weighted by atomic mass is 16.6. The molecule has 25 heavy (non-hydrogen) atoms. The Bertz CT molecular complexity index is 642. The molecule has 1 aromatic rings. The zero-order valence-corrected chi connectivity index (χ0v) is 14.9. The fourth-order valence-corrected chi connectivity index (χ4v) is 2.58. The average Bonchev–Trinajstić information content (AvgIpc) is 2.95. The Morgan fingerprint density at radius 1 is 1.04 bits per heavy atom. The Labute approximate surface area is 149 Å². The van der Waals surface area contributed by atoms with Crippen LogP contribution in [0.4, 0.5) is 0 Å². The van der Waals surface area contributed by atoms with Crippen LogP contribution < -0.4 is 0 Å². The maximum atomic E-state index is 11.8. The van der Waals surface area contributed by atoms with Crippen LogP contribution in [0, 0.1) is 0 Å². The molecule has 0 saturated carbocycles. The molecule has 0 fully saturated rings. The molecule has 1 aliphatic heterocycles. The van der Waals surface area contributed by atoms with Crippen LogP contribution in [0.2, 0.25) is 0 Å². The molecule has 0 atom stereocenters. The van der Waals surface area contributed by atoms with E-state index < -0.39 is 5.97 Å². The molecule has 0 aromatic heterocycles. The summed E-state index contributed by atoms with van der Waals surface area (Å²) < 4.78 is 5.21. The van der Waals surface area contributed by atoms with E-state index in [4.69, 9.17) is 4.74 Å². The molecule has 1 aromatic carbocycles. The predicted molar refractivity (Wildman–Crippen MR) is 101 cm³/mol. The van der Waals surface area contributed by atoms with Crippen LogP contribution in [-0.2, 0) is 9.53 Å². The van der Waals surface area contributed by atoms with Gasteiger partial charge in [0.25, 0.3) is 0 Å². The number of ether oxygens (including phenoxy) is 1. The van der Waals surface area contributed by atoms with Crippen molar-refractivity contribution in [1.29, 1.82) is 0 Å². The molecule has 4 heteroatoms. The molecule has 0 amide bonds. The third-order valence-electron chi connectivity index (χ3n) is 4.01. The Hall–Kier alpha value is -2.36. The quantitative estimate of drug-likeness (QED) is 0.269. The van der Waals surface area contributed by atoms with Crippen molar-refractivity contribution in [2.75, 3.05) is 0 Å². The summed E-state index contributed by atoms with van der Waals surface area (Å²) in [6.07, 6.45) is 15.0. The van der Waals surface area contributed by atoms with Gasteiger partial charge in [0, 0.05) is 6.42 Å². The number of phenols is 1. The smallest absolute Gasteiger partial charge is 0.363 e. The van der Waals surface area contributed by atoms with Crippen LogP contribution in [0.1, 0.15) is 63.9 Å². The number of rotatable bonds is 10. The second-order valence-corrected chi connectivity index (χ2v) is 6.23. The summed E-state index contributed by atoms with van der Waals surface area (Å²) in [4.78, 5) is 16.1. The Balaban J connectivity index is 1.73. The maximum absolute atomic E-state index is 11.8. The van der Waals surface area contributed by atoms with Crippen LogP contribution >= 0.6 is 0 Å². The first-order valence-corrected chi connectivity index (χ1v) is 9.14. The fraction of sp³-hybridized carbons (Fsp3) is 0.429. The van der Waals surface area contributed by atoms with Crippen molar-refractivity contribution >= 4 is 17.9 Å². The molecule has 0 aliphatic carbocycles. The number of nitrogens with zero attached hydrogens (tertiary/aromatic N) is 1. The van der Waals surface area contributed by atoms with E-state index in [-0.39, 0.29) is 5.75 Å². The number of aromatic hydroxyl groups is 1. The molecule has 0 radical (unpaired) electrons. The second-order valence-electron chi connectivity index (χ2n) is 6.23. The molecule has 1 heterocycles. The van der Waals surface area contributed by atoms with E-state index in [0.717, 1.165) is 24.8 Å². The van der Waals surface area contributed by atoms with Crippen molar-refractivity contribution < 1.29 is 14.6 Å². The first-order valence-electron chi connectivity index (χ1n) is 9.14. The molecule has 1 N–H and O–H groups in total. The minimum absolute atomic E-state index is 0.193. The summed E-state index contributed by atoms with van der Waals surface area (Å²) in [7, 11) is 0. The van der Waals surface area contributed by atoms with Gasteiger partial charge in [0.2, 0.25) is 0 Å². The normalized spacial score (nSPS) is 15.8. The van der Waals surface area contributed by atoms with Crippen LogP contribution in [0.25, 0.3) is 6.08 Å². The third kappa shape index (κ3) is 6.96. The highest BCUT2D eigenvalue weighted by molar-refractivity contribution is 6.07. The number of hydrogen-bond donors (Lipinski definition) is 1. The van der Waals surface area contributed by atoms with Gasteiger partial charge >= 0.3 is 5.97 Å². The summed E-state index contributed by atoms with van der Waals surface area (Å²) in [5.74, 6) is 0.277. The predicted octanol–water partition coefficient (Wildman–Crippen LogP) is 5.39. The first-order chi connectivity index (χ1) is 12.2. The molecule has 0 saturated heterocycles. The van der Waals surface area contributed by atoms with Gasteiger partial charge in [-0.1, -0.05) is 50.5 Å². The van der Waals surface area contributed by atoms with Gasteiger partial charge in [-0.25, -0.2) is 9.79 Å². The molecule has 0 spiro atoms. The zero-order chi connectivity index (χ0) is 17.9. The van der Waals surface area contributed by atoms with Gasteiger partial charge in [0.1, 0.15) is 5.75 Å². The number of cyclic esters (lactones) is 1. The molecule has 0 unspecified atom stereocenters. The van der Waals surface area contributed by atoms with Crippen LogP contribution in [0.5, 0.6) is 5.75 Å². The number of hydrogen-bond acceptors (Lipinski definition) is 4. The molecule has 134 valence electrons. The van der Waals surface area contributed by atoms with E-state index in [1.807, 2.05) is 0 Å². The summed E-state index contributed by atoms with van der Waals surface area (Å²) in [5, 5.41) is 9.28. The van der Waals surface area contributed by atoms with Crippen molar-refractivity contribution in [3.05, 3.63) is 47.7 Å². The Kier molecular flexibility index (Phi) is 7.96. The molecule has 0 bridgehead atoms. The van der Waals surface area contributed by atoms with E-state index in [1.165, 1.54) is 25.7 Å². The van der Waals surface area contributed by atoms with Gasteiger partial charge in [0.05, 0.1) is 0 Å². The van der Waals surface area contributed by atoms with Crippen molar-refractivity contribution in [2.24, 2.45) is 4.99 Å². The zero-order valence-electron chi connectivity index (χ0n) is 14.9. The summed E-state index contributed by atoms with van der Waals surface area (Å²) in [5.41, 5.74) is 1.12. The lowest BCUT2D eigenvalue weighted by atomic mass is 10.1. The van der Waals surface area contributed by atoms with Gasteiger partial charge in [0.15, 0.2) is 11.6 Å². The number of benzene rings is 1. The monoisotopic (exact) mass is 341 g/mol. The van der Waals surface area contributed by atoms with Crippen LogP contribution in [0.3, 0.4) is 0 Å². The Morgan fingerprint density at radius 3 is 2.48 bits per heavy atom. The number of unbranched alkanes of at least 4 members (excludes halogenated alkanes) is 5. The SMILES string of the molecule is CCCCCCC=CCCCC1=NC(=Cc2ccc(O)cc2)C(=O)O1. The van der Waals surface area contributed by atoms with E-state index in [9.17, 15) is 9.90 Å². The Morgan fingerprint density at radius 2 is 1.76 bits per heavy atom. The summed E-state index contributed by atoms with van der Waals surface area (Å²) in [6.45, 7) is 2.22. The number of aliphatic imine (C=N–C) groups is 1. The first kappa shape index (κ1) is 19.0. The van der Waals surface area contributed by atoms with Crippen molar-refractivity contribution in [2.45, 2.75) is 58.3 Å². The lowest BCUT2D eigenvalue weighted by molar-refractivity contribution is -0.130. The summed E-state index contributed by atoms with van der Waals surface area (Å²) in [6, 6.07) is 6.61. The number of carbonyl (C=O) groups is 1. The molecule has 4 nitrogen and oxygen atoms in total. The lowest BCUT2D eigenvalue weighted by Gasteiger charge is -1.97. The number of esters is 1. The molecular formula is C21H27NO3. The fourth-order valence-electron chi connectivity index (χ4n) is 2.58. The van der Waals surface area contributed by atoms with Gasteiger partial charge in [-0.05, 0) is 49.5 Å². The number of carbonyl (C=O) groups excluding carboxylic acids is 1. The molecular weight excluding hydrogens is 314 g/mol. The topological polar surface area (TPSA) is 58.9 Å². The standard InChI is InChI=1S/C21H27NO3/c1-2-3-4-5-6-7-8-9-10-11-20-22-19(21(24)25-20)16-17-12-14-18(23)15-13-17/h7-8,12-16,23H,2-6,9-11H2,1H3. The third-order valence-corrected chi connectivity index (χ3v) is 4.01. The van der Waals surface area contributed by atoms with Crippen molar-refractivity contribution in [3.63, 3.8) is 0 Å². The van der Waals surface area contributed by atoms with E-state index in [1.54, 1.807) is 30.3 Å². The van der Waals surface area contributed by atoms with Gasteiger partial charge in [-0.3, -0.25) is 0 Å². The van der Waals surface area contributed by atoms with E-state index >= 15 is 0 Å². The highest BCUT2D eigenvalue weighted by Crippen LogP contribution is 2.19. The summed E-state index contributed by atoms with van der Waals surface area (Å²) >= 11 is 0. The van der Waals surface area contributed by atoms with Gasteiger partial charge in [-0.15, -0.1) is 0 Å². The maximum Gasteiger partial charge on any atom is 0.363 e. The second kappa shape index (κ2) is 10.5. The number of phenolic OH excluding ortho intramolecular Hbond substituents is 1. The number of allylic oxidation sites excluding steroid dienone is 2. The van der Waals surface area contributed by atoms with Gasteiger partial charge in [-0.2, -0.15) is 0 Å². The lowest BCUT2D eigenvalue weighted by Crippen LogP contribution is -2.03.